The van der Waals surface area contributed by atoms with Crippen LogP contribution in [0, 0.1) is 6.92 Å². The Bertz CT molecular complexity index is 918. The first-order chi connectivity index (χ1) is 15.0. The zero-order valence-electron chi connectivity index (χ0n) is 18.0. The molecule has 0 aliphatic carbocycles. The summed E-state index contributed by atoms with van der Waals surface area (Å²) in [4.78, 5) is 40.3. The van der Waals surface area contributed by atoms with Gasteiger partial charge in [0, 0.05) is 38.2 Å². The molecule has 1 aliphatic heterocycles. The van der Waals surface area contributed by atoms with Crippen LogP contribution in [0.2, 0.25) is 0 Å². The smallest absolute Gasteiger partial charge is 0.434 e. The Kier molecular flexibility index (Phi) is 7.65. The summed E-state index contributed by atoms with van der Waals surface area (Å²) in [6.07, 6.45) is 0.427. The van der Waals surface area contributed by atoms with Gasteiger partial charge in [0.2, 0.25) is 5.91 Å². The molecule has 0 unspecified atom stereocenters. The zero-order valence-corrected chi connectivity index (χ0v) is 18.0. The molecule has 0 atom stereocenters. The van der Waals surface area contributed by atoms with Crippen molar-refractivity contribution in [1.29, 1.82) is 0 Å². The van der Waals surface area contributed by atoms with Crippen LogP contribution >= 0.6 is 0 Å². The van der Waals surface area contributed by atoms with E-state index in [9.17, 15) is 14.4 Å². The molecule has 2 aromatic carbocycles. The maximum atomic E-state index is 12.8. The number of benzene rings is 2. The third-order valence-electron chi connectivity index (χ3n) is 5.35. The lowest BCUT2D eigenvalue weighted by atomic mass is 10.0. The molecule has 31 heavy (non-hydrogen) atoms. The molecule has 164 valence electrons. The van der Waals surface area contributed by atoms with E-state index in [1.807, 2.05) is 17.0 Å². The van der Waals surface area contributed by atoms with Crippen LogP contribution in [0.4, 0.5) is 4.79 Å². The Morgan fingerprint density at radius 3 is 2.19 bits per heavy atom. The third-order valence-corrected chi connectivity index (χ3v) is 5.35. The lowest BCUT2D eigenvalue weighted by Gasteiger charge is -2.35. The molecule has 2 amide bonds. The average Bonchev–Trinajstić information content (AvgIpc) is 2.78. The van der Waals surface area contributed by atoms with Crippen LogP contribution in [-0.2, 0) is 16.0 Å². The van der Waals surface area contributed by atoms with E-state index in [0.29, 0.717) is 43.9 Å². The van der Waals surface area contributed by atoms with Crippen molar-refractivity contribution in [3.63, 3.8) is 0 Å². The van der Waals surface area contributed by atoms with E-state index in [1.54, 1.807) is 36.1 Å². The van der Waals surface area contributed by atoms with Gasteiger partial charge in [-0.05, 0) is 55.7 Å². The molecule has 0 spiro atoms. The van der Waals surface area contributed by atoms with Crippen LogP contribution in [-0.4, -0.2) is 60.6 Å². The second kappa shape index (κ2) is 10.6. The van der Waals surface area contributed by atoms with E-state index < -0.39 is 6.16 Å². The van der Waals surface area contributed by atoms with E-state index in [1.165, 1.54) is 11.1 Å². The maximum absolute atomic E-state index is 12.8. The van der Waals surface area contributed by atoms with E-state index in [4.69, 9.17) is 9.47 Å². The molecule has 7 heteroatoms. The van der Waals surface area contributed by atoms with Crippen LogP contribution in [0.25, 0.3) is 0 Å². The summed E-state index contributed by atoms with van der Waals surface area (Å²) in [5.41, 5.74) is 2.90. The van der Waals surface area contributed by atoms with Crippen molar-refractivity contribution in [2.75, 3.05) is 32.8 Å². The number of aryl methyl sites for hydroxylation is 2. The van der Waals surface area contributed by atoms with Gasteiger partial charge in [0.1, 0.15) is 5.75 Å². The van der Waals surface area contributed by atoms with Gasteiger partial charge in [0.25, 0.3) is 5.91 Å². The molecule has 1 heterocycles. The molecule has 3 rings (SSSR count). The Hall–Kier alpha value is -3.35. The number of ether oxygens (including phenoxy) is 2. The van der Waals surface area contributed by atoms with Crippen molar-refractivity contribution in [3.8, 4) is 5.75 Å². The van der Waals surface area contributed by atoms with Gasteiger partial charge in [-0.1, -0.05) is 24.3 Å². The standard InChI is InChI=1S/C24H28N2O5/c1-3-30-24(29)31-21-11-8-20(9-12-21)23(28)26-16-14-25(15-17-26)22(27)13-10-19-7-5-4-6-18(19)2/h4-9,11-12H,3,10,13-17H2,1-2H3. The summed E-state index contributed by atoms with van der Waals surface area (Å²) in [5.74, 6) is 0.338. The fraction of sp³-hybridized carbons (Fsp3) is 0.375. The molecule has 1 fully saturated rings. The van der Waals surface area contributed by atoms with Crippen LogP contribution < -0.4 is 4.74 Å². The zero-order chi connectivity index (χ0) is 22.2. The number of carbonyl (C=O) groups is 3. The predicted octanol–water partition coefficient (Wildman–Crippen LogP) is 3.45. The quantitative estimate of drug-likeness (QED) is 0.524. The van der Waals surface area contributed by atoms with Gasteiger partial charge >= 0.3 is 6.16 Å². The van der Waals surface area contributed by atoms with Crippen molar-refractivity contribution in [1.82, 2.24) is 9.80 Å². The first-order valence-corrected chi connectivity index (χ1v) is 10.5. The van der Waals surface area contributed by atoms with Gasteiger partial charge in [-0.3, -0.25) is 9.59 Å². The molecular weight excluding hydrogens is 396 g/mol. The van der Waals surface area contributed by atoms with E-state index in [2.05, 4.69) is 19.1 Å². The van der Waals surface area contributed by atoms with Gasteiger partial charge in [-0.25, -0.2) is 4.79 Å². The highest BCUT2D eigenvalue weighted by Gasteiger charge is 2.24. The summed E-state index contributed by atoms with van der Waals surface area (Å²) in [6, 6.07) is 14.5. The fourth-order valence-corrected chi connectivity index (χ4v) is 3.54. The number of piperazine rings is 1. The Labute approximate surface area is 182 Å². The minimum absolute atomic E-state index is 0.102. The van der Waals surface area contributed by atoms with Crippen molar-refractivity contribution in [2.45, 2.75) is 26.7 Å². The summed E-state index contributed by atoms with van der Waals surface area (Å²) in [6.45, 7) is 6.03. The second-order valence-corrected chi connectivity index (χ2v) is 7.41. The molecule has 0 bridgehead atoms. The molecule has 0 aromatic heterocycles. The van der Waals surface area contributed by atoms with Gasteiger partial charge < -0.3 is 19.3 Å². The van der Waals surface area contributed by atoms with E-state index in [0.717, 1.165) is 6.42 Å². The summed E-state index contributed by atoms with van der Waals surface area (Å²) < 4.78 is 9.74. The number of nitrogens with zero attached hydrogens (tertiary/aromatic N) is 2. The van der Waals surface area contributed by atoms with Crippen molar-refractivity contribution >= 4 is 18.0 Å². The molecular formula is C24H28N2O5. The summed E-state index contributed by atoms with van der Waals surface area (Å²) >= 11 is 0. The van der Waals surface area contributed by atoms with Crippen LogP contribution in [0.5, 0.6) is 5.75 Å². The Morgan fingerprint density at radius 1 is 0.903 bits per heavy atom. The minimum atomic E-state index is -0.773. The molecule has 1 aliphatic rings. The molecule has 0 N–H and O–H groups in total. The third kappa shape index (κ3) is 6.07. The van der Waals surface area contributed by atoms with Gasteiger partial charge in [-0.15, -0.1) is 0 Å². The van der Waals surface area contributed by atoms with Crippen LogP contribution in [0.15, 0.2) is 48.5 Å². The lowest BCUT2D eigenvalue weighted by molar-refractivity contribution is -0.132. The molecule has 0 saturated carbocycles. The average molecular weight is 424 g/mol. The topological polar surface area (TPSA) is 76.2 Å². The normalized spacial score (nSPS) is 13.6. The number of rotatable bonds is 6. The van der Waals surface area contributed by atoms with Gasteiger partial charge in [0.15, 0.2) is 0 Å². The highest BCUT2D eigenvalue weighted by molar-refractivity contribution is 5.94. The second-order valence-electron chi connectivity index (χ2n) is 7.41. The molecule has 0 radical (unpaired) electrons. The predicted molar refractivity (Wildman–Crippen MR) is 116 cm³/mol. The summed E-state index contributed by atoms with van der Waals surface area (Å²) in [5, 5.41) is 0. The Morgan fingerprint density at radius 2 is 1.55 bits per heavy atom. The fourth-order valence-electron chi connectivity index (χ4n) is 3.54. The maximum Gasteiger partial charge on any atom is 0.513 e. The minimum Gasteiger partial charge on any atom is -0.434 e. The van der Waals surface area contributed by atoms with Crippen LogP contribution in [0.1, 0.15) is 34.8 Å². The highest BCUT2D eigenvalue weighted by atomic mass is 16.7. The molecule has 7 nitrogen and oxygen atoms in total. The number of hydrogen-bond donors (Lipinski definition) is 0. The van der Waals surface area contributed by atoms with Gasteiger partial charge in [0.05, 0.1) is 6.61 Å². The monoisotopic (exact) mass is 424 g/mol. The number of amides is 2. The first-order valence-electron chi connectivity index (χ1n) is 10.5. The number of carbonyl (C=O) groups excluding carboxylic acids is 3. The Balaban J connectivity index is 1.47. The highest BCUT2D eigenvalue weighted by Crippen LogP contribution is 2.16. The van der Waals surface area contributed by atoms with Crippen molar-refractivity contribution in [2.24, 2.45) is 0 Å². The van der Waals surface area contributed by atoms with E-state index in [-0.39, 0.29) is 18.4 Å². The first kappa shape index (κ1) is 22.3. The van der Waals surface area contributed by atoms with Gasteiger partial charge in [-0.2, -0.15) is 0 Å². The van der Waals surface area contributed by atoms with Crippen molar-refractivity contribution < 1.29 is 23.9 Å². The SMILES string of the molecule is CCOC(=O)Oc1ccc(C(=O)N2CCN(C(=O)CCc3ccccc3C)CC2)cc1. The molecule has 1 saturated heterocycles. The summed E-state index contributed by atoms with van der Waals surface area (Å²) in [7, 11) is 0. The number of hydrogen-bond acceptors (Lipinski definition) is 5. The molecule has 2 aromatic rings. The van der Waals surface area contributed by atoms with Crippen molar-refractivity contribution in [3.05, 3.63) is 65.2 Å². The van der Waals surface area contributed by atoms with Crippen LogP contribution in [0.3, 0.4) is 0 Å². The largest absolute Gasteiger partial charge is 0.513 e. The van der Waals surface area contributed by atoms with E-state index >= 15 is 0 Å². The lowest BCUT2D eigenvalue weighted by Crippen LogP contribution is -2.50.